The molecule has 1 atom stereocenters. The number of rotatable bonds is 3. The lowest BCUT2D eigenvalue weighted by Gasteiger charge is -2.37. The van der Waals surface area contributed by atoms with Crippen molar-refractivity contribution in [2.45, 2.75) is 18.9 Å². The van der Waals surface area contributed by atoms with E-state index < -0.39 is 0 Å². The molecule has 2 saturated heterocycles. The third kappa shape index (κ3) is 4.08. The van der Waals surface area contributed by atoms with E-state index in [1.807, 2.05) is 48.7 Å². The van der Waals surface area contributed by atoms with Crippen LogP contribution in [0.15, 0.2) is 49.2 Å². The standard InChI is InChI=1S/C27H26N10O/c1-33-17-22(16-31-33)20-11-24(26-21(12-28)15-32-37(26)18-20)19-4-5-25(30-14-19)34-7-9-35(10-8-34)27(38)36-6-2-3-23(36)13-29/h4-5,11,14-18,23H,2-3,6-10H2,1H3/t23-/m0/s1. The highest BCUT2D eigenvalue weighted by Gasteiger charge is 2.33. The van der Waals surface area contributed by atoms with E-state index in [1.54, 1.807) is 26.5 Å². The van der Waals surface area contributed by atoms with Crippen molar-refractivity contribution >= 4 is 17.4 Å². The molecule has 6 rings (SSSR count). The lowest BCUT2D eigenvalue weighted by molar-refractivity contribution is 0.152. The van der Waals surface area contributed by atoms with Crippen molar-refractivity contribution in [1.29, 1.82) is 10.5 Å². The minimum absolute atomic E-state index is 0.0383. The smallest absolute Gasteiger partial charge is 0.321 e. The van der Waals surface area contributed by atoms with E-state index in [0.717, 1.165) is 46.4 Å². The molecule has 190 valence electrons. The summed E-state index contributed by atoms with van der Waals surface area (Å²) in [6, 6.07) is 10.2. The fourth-order valence-corrected chi connectivity index (χ4v) is 5.32. The summed E-state index contributed by atoms with van der Waals surface area (Å²) >= 11 is 0. The van der Waals surface area contributed by atoms with Gasteiger partial charge in [-0.3, -0.25) is 4.68 Å². The fourth-order valence-electron chi connectivity index (χ4n) is 5.32. The van der Waals surface area contributed by atoms with Gasteiger partial charge in [-0.05, 0) is 31.0 Å². The Morgan fingerprint density at radius 3 is 2.50 bits per heavy atom. The SMILES string of the molecule is Cn1cc(-c2cc(-c3ccc(N4CCN(C(=O)N5CCC[C@H]5C#N)CC4)nc3)c3c(C#N)cnn3c2)cn1. The van der Waals surface area contributed by atoms with E-state index in [1.165, 1.54) is 0 Å². The average Bonchev–Trinajstić information content (AvgIpc) is 3.71. The molecule has 0 unspecified atom stereocenters. The van der Waals surface area contributed by atoms with Crippen molar-refractivity contribution in [3.8, 4) is 34.4 Å². The molecule has 38 heavy (non-hydrogen) atoms. The van der Waals surface area contributed by atoms with E-state index in [9.17, 15) is 15.3 Å². The molecule has 6 heterocycles. The van der Waals surface area contributed by atoms with Crippen molar-refractivity contribution < 1.29 is 4.79 Å². The minimum Gasteiger partial charge on any atom is -0.353 e. The highest BCUT2D eigenvalue weighted by molar-refractivity contribution is 5.87. The number of hydrogen-bond acceptors (Lipinski definition) is 7. The van der Waals surface area contributed by atoms with Crippen molar-refractivity contribution in [2.24, 2.45) is 7.05 Å². The molecule has 0 spiro atoms. The molecule has 2 aliphatic rings. The summed E-state index contributed by atoms with van der Waals surface area (Å²) in [5.41, 5.74) is 4.88. The third-order valence-electron chi connectivity index (χ3n) is 7.35. The number of aryl methyl sites for hydroxylation is 1. The van der Waals surface area contributed by atoms with Crippen LogP contribution in [0.2, 0.25) is 0 Å². The van der Waals surface area contributed by atoms with Gasteiger partial charge in [-0.1, -0.05) is 0 Å². The van der Waals surface area contributed by atoms with E-state index in [2.05, 4.69) is 27.2 Å². The van der Waals surface area contributed by atoms with Crippen LogP contribution < -0.4 is 4.90 Å². The van der Waals surface area contributed by atoms with Crippen molar-refractivity contribution in [3.63, 3.8) is 0 Å². The van der Waals surface area contributed by atoms with Crippen LogP contribution in [0.1, 0.15) is 18.4 Å². The number of hydrogen-bond donors (Lipinski definition) is 0. The van der Waals surface area contributed by atoms with Crippen LogP contribution in [0, 0.1) is 22.7 Å². The van der Waals surface area contributed by atoms with Gasteiger partial charge in [0.25, 0.3) is 0 Å². The summed E-state index contributed by atoms with van der Waals surface area (Å²) in [4.78, 5) is 23.4. The van der Waals surface area contributed by atoms with Gasteiger partial charge in [-0.2, -0.15) is 20.7 Å². The average molecular weight is 507 g/mol. The zero-order valence-electron chi connectivity index (χ0n) is 21.0. The molecule has 11 nitrogen and oxygen atoms in total. The third-order valence-corrected chi connectivity index (χ3v) is 7.35. The zero-order valence-corrected chi connectivity index (χ0v) is 21.0. The number of amides is 2. The lowest BCUT2D eigenvalue weighted by atomic mass is 10.0. The summed E-state index contributed by atoms with van der Waals surface area (Å²) < 4.78 is 3.48. The summed E-state index contributed by atoms with van der Waals surface area (Å²) in [5, 5.41) is 27.7. The number of nitriles is 2. The number of likely N-dealkylation sites (tertiary alicyclic amines) is 1. The number of aromatic nitrogens is 5. The van der Waals surface area contributed by atoms with Crippen LogP contribution in [0.3, 0.4) is 0 Å². The Hall–Kier alpha value is -4.90. The molecule has 4 aromatic heterocycles. The Labute approximate surface area is 219 Å². The van der Waals surface area contributed by atoms with Gasteiger partial charge in [0, 0.05) is 80.6 Å². The molecule has 2 aliphatic heterocycles. The van der Waals surface area contributed by atoms with E-state index >= 15 is 0 Å². The number of piperazine rings is 1. The molecule has 0 aliphatic carbocycles. The Morgan fingerprint density at radius 2 is 1.82 bits per heavy atom. The van der Waals surface area contributed by atoms with Gasteiger partial charge in [-0.15, -0.1) is 0 Å². The van der Waals surface area contributed by atoms with E-state index in [4.69, 9.17) is 4.98 Å². The minimum atomic E-state index is -0.310. The molecule has 0 aromatic carbocycles. The number of nitrogens with zero attached hydrogens (tertiary/aromatic N) is 10. The number of pyridine rings is 2. The van der Waals surface area contributed by atoms with Crippen LogP contribution in [0.4, 0.5) is 10.6 Å². The lowest BCUT2D eigenvalue weighted by Crippen LogP contribution is -2.53. The quantitative estimate of drug-likeness (QED) is 0.419. The predicted molar refractivity (Wildman–Crippen MR) is 140 cm³/mol. The topological polar surface area (TPSA) is 122 Å². The zero-order chi connectivity index (χ0) is 26.2. The van der Waals surface area contributed by atoms with Gasteiger partial charge < -0.3 is 14.7 Å². The summed E-state index contributed by atoms with van der Waals surface area (Å²) in [6.07, 6.45) is 10.7. The summed E-state index contributed by atoms with van der Waals surface area (Å²) in [6.45, 7) is 3.18. The molecule has 4 aromatic rings. The van der Waals surface area contributed by atoms with Crippen LogP contribution in [-0.2, 0) is 7.05 Å². The Balaban J connectivity index is 1.23. The predicted octanol–water partition coefficient (Wildman–Crippen LogP) is 2.90. The normalized spacial score (nSPS) is 17.6. The van der Waals surface area contributed by atoms with Crippen molar-refractivity contribution in [3.05, 3.63) is 54.7 Å². The molecule has 11 heteroatoms. The second kappa shape index (κ2) is 9.52. The molecular formula is C27H26N10O. The monoisotopic (exact) mass is 506 g/mol. The van der Waals surface area contributed by atoms with Crippen LogP contribution in [0.5, 0.6) is 0 Å². The largest absolute Gasteiger partial charge is 0.353 e. The Bertz CT molecular complexity index is 1580. The van der Waals surface area contributed by atoms with Crippen molar-refractivity contribution in [2.75, 3.05) is 37.6 Å². The first-order valence-electron chi connectivity index (χ1n) is 12.6. The second-order valence-electron chi connectivity index (χ2n) is 9.65. The van der Waals surface area contributed by atoms with Crippen LogP contribution in [0.25, 0.3) is 27.8 Å². The fraction of sp³-hybridized carbons (Fsp3) is 0.333. The number of carbonyl (C=O) groups excluding carboxylic acids is 1. The molecule has 2 amide bonds. The first kappa shape index (κ1) is 23.5. The van der Waals surface area contributed by atoms with Crippen molar-refractivity contribution in [1.82, 2.24) is 34.2 Å². The number of anilines is 1. The van der Waals surface area contributed by atoms with Gasteiger partial charge in [0.05, 0.1) is 29.5 Å². The molecule has 0 bridgehead atoms. The maximum absolute atomic E-state index is 12.9. The molecule has 0 saturated carbocycles. The van der Waals surface area contributed by atoms with Gasteiger partial charge >= 0.3 is 6.03 Å². The van der Waals surface area contributed by atoms with Gasteiger partial charge in [-0.25, -0.2) is 14.3 Å². The molecular weight excluding hydrogens is 480 g/mol. The maximum atomic E-state index is 12.9. The highest BCUT2D eigenvalue weighted by Crippen LogP contribution is 2.32. The Kier molecular flexibility index (Phi) is 5.89. The van der Waals surface area contributed by atoms with Gasteiger partial charge in [0.1, 0.15) is 17.9 Å². The first-order valence-corrected chi connectivity index (χ1v) is 12.6. The van der Waals surface area contributed by atoms with Crippen LogP contribution in [-0.4, -0.2) is 79.0 Å². The molecule has 0 N–H and O–H groups in total. The Morgan fingerprint density at radius 1 is 0.974 bits per heavy atom. The van der Waals surface area contributed by atoms with Crippen LogP contribution >= 0.6 is 0 Å². The van der Waals surface area contributed by atoms with Gasteiger partial charge in [0.15, 0.2) is 0 Å². The summed E-state index contributed by atoms with van der Waals surface area (Å²) in [7, 11) is 1.87. The summed E-state index contributed by atoms with van der Waals surface area (Å²) in [5.74, 6) is 0.838. The molecule has 0 radical (unpaired) electrons. The first-order chi connectivity index (χ1) is 18.6. The number of urea groups is 1. The van der Waals surface area contributed by atoms with E-state index in [0.29, 0.717) is 38.3 Å². The molecule has 2 fully saturated rings. The highest BCUT2D eigenvalue weighted by atomic mass is 16.2. The van der Waals surface area contributed by atoms with E-state index in [-0.39, 0.29) is 12.1 Å². The number of carbonyl (C=O) groups is 1. The maximum Gasteiger partial charge on any atom is 0.321 e. The van der Waals surface area contributed by atoms with Gasteiger partial charge in [0.2, 0.25) is 0 Å². The second-order valence-corrected chi connectivity index (χ2v) is 9.65. The number of fused-ring (bicyclic) bond motifs is 1.